The molecule has 4 heteroatoms. The third-order valence-corrected chi connectivity index (χ3v) is 13.9. The van der Waals surface area contributed by atoms with E-state index in [9.17, 15) is 20.1 Å². The minimum atomic E-state index is -0.679. The number of allylic oxidation sites excluding steroid dienone is 4. The molecule has 2 bridgehead atoms. The Morgan fingerprint density at radius 1 is 0.830 bits per heavy atom. The Kier molecular flexibility index (Phi) is 10.6. The number of aromatic hydroxyl groups is 1. The van der Waals surface area contributed by atoms with Crippen molar-refractivity contribution in [1.29, 1.82) is 0 Å². The second-order valence-corrected chi connectivity index (χ2v) is 16.9. The highest BCUT2D eigenvalue weighted by Gasteiger charge is 2.55. The third kappa shape index (κ3) is 7.37. The molecule has 3 N–H and O–H groups in total. The van der Waals surface area contributed by atoms with Gasteiger partial charge in [-0.3, -0.25) is 4.79 Å². The van der Waals surface area contributed by atoms with Crippen molar-refractivity contribution in [2.45, 2.75) is 94.8 Å². The van der Waals surface area contributed by atoms with Crippen molar-refractivity contribution in [3.8, 4) is 5.75 Å². The Labute approximate surface area is 315 Å². The van der Waals surface area contributed by atoms with E-state index in [1.165, 1.54) is 76.8 Å². The summed E-state index contributed by atoms with van der Waals surface area (Å²) in [5.74, 6) is 1.28. The highest BCUT2D eigenvalue weighted by molar-refractivity contribution is 5.76. The van der Waals surface area contributed by atoms with Crippen LogP contribution in [-0.2, 0) is 16.6 Å². The molecule has 1 fully saturated rings. The fraction of sp³-hybridized carbons (Fsp3) is 0.449. The lowest BCUT2D eigenvalue weighted by Gasteiger charge is -2.54. The van der Waals surface area contributed by atoms with Crippen molar-refractivity contribution in [2.75, 3.05) is 6.61 Å². The van der Waals surface area contributed by atoms with Crippen LogP contribution in [0.25, 0.3) is 18.2 Å². The SMILES string of the molecule is O=C(O)[C@@H]1C/C=C\C[C@@H](CCCCCC[C@@H]2C=C(CO)CC2)[C@H](c2ccc(O)cc2)Cc2ccc3c(c2)[C@@]12C[C@@H]1C=c4ccccc4=C[C@@H]1C[C@@H]2C=C3. The summed E-state index contributed by atoms with van der Waals surface area (Å²) in [6, 6.07) is 23.5. The summed E-state index contributed by atoms with van der Waals surface area (Å²) in [6.45, 7) is 0.212. The summed E-state index contributed by atoms with van der Waals surface area (Å²) < 4.78 is 0. The van der Waals surface area contributed by atoms with E-state index in [0.717, 1.165) is 38.5 Å². The molecule has 0 heterocycles. The Morgan fingerprint density at radius 3 is 2.34 bits per heavy atom. The van der Waals surface area contributed by atoms with Crippen LogP contribution in [0.15, 0.2) is 96.6 Å². The number of unbranched alkanes of at least 4 members (excludes halogenated alkanes) is 3. The smallest absolute Gasteiger partial charge is 0.307 e. The van der Waals surface area contributed by atoms with Crippen molar-refractivity contribution in [3.63, 3.8) is 0 Å². The monoisotopic (exact) mass is 708 g/mol. The third-order valence-electron chi connectivity index (χ3n) is 13.9. The normalized spacial score (nSPS) is 30.6. The number of aliphatic carboxylic acids is 1. The molecule has 0 unspecified atom stereocenters. The molecule has 276 valence electrons. The molecule has 53 heavy (non-hydrogen) atoms. The molecule has 0 amide bonds. The molecule has 0 saturated heterocycles. The topological polar surface area (TPSA) is 77.8 Å². The number of benzene rings is 3. The van der Waals surface area contributed by atoms with E-state index in [1.807, 2.05) is 12.1 Å². The fourth-order valence-electron chi connectivity index (χ4n) is 11.1. The van der Waals surface area contributed by atoms with E-state index < -0.39 is 17.3 Å². The average Bonchev–Trinajstić information content (AvgIpc) is 3.63. The fourth-order valence-corrected chi connectivity index (χ4v) is 11.1. The van der Waals surface area contributed by atoms with Gasteiger partial charge in [0.15, 0.2) is 0 Å². The summed E-state index contributed by atoms with van der Waals surface area (Å²) in [5.41, 5.74) is 5.69. The zero-order valence-corrected chi connectivity index (χ0v) is 31.1. The number of aliphatic hydroxyl groups is 1. The second kappa shape index (κ2) is 15.7. The molecule has 5 aliphatic rings. The van der Waals surface area contributed by atoms with Crippen LogP contribution in [0.1, 0.15) is 105 Å². The predicted molar refractivity (Wildman–Crippen MR) is 215 cm³/mol. The number of phenolic OH excluding ortho intramolecular Hbond substituents is 1. The van der Waals surface area contributed by atoms with E-state index in [1.54, 1.807) is 0 Å². The molecule has 0 aliphatic heterocycles. The molecule has 0 aromatic heterocycles. The Morgan fingerprint density at radius 2 is 1.58 bits per heavy atom. The lowest BCUT2D eigenvalue weighted by Crippen LogP contribution is -2.53. The summed E-state index contributed by atoms with van der Waals surface area (Å²) >= 11 is 0. The van der Waals surface area contributed by atoms with Gasteiger partial charge in [-0.1, -0.05) is 123 Å². The van der Waals surface area contributed by atoms with Crippen molar-refractivity contribution < 1.29 is 20.1 Å². The van der Waals surface area contributed by atoms with Gasteiger partial charge < -0.3 is 15.3 Å². The lowest BCUT2D eigenvalue weighted by molar-refractivity contribution is -0.146. The standard InChI is InChI=1S/C49H56O4/c50-32-35-16-15-33(25-35)9-3-1-2-4-10-36-11-7-8-14-46(48(52)53)49-31-42-29-40-13-6-5-12-39(40)28-41(42)30-43(49)22-19-38-18-17-34(27-47(38)49)26-45(36)37-20-23-44(51)24-21-37/h5-8,12-13,17-25,27-29,33,36,41-43,45-46,50-51H,1-4,9-11,14-16,26,30-32H2,(H,52,53)/b8-7-/t33-,36+,41+,42-,43-,45+,46-,49+/m0/s1. The first kappa shape index (κ1) is 35.9. The number of carboxylic acid groups (broad SMARTS) is 1. The van der Waals surface area contributed by atoms with Gasteiger partial charge in [0.05, 0.1) is 12.5 Å². The van der Waals surface area contributed by atoms with Gasteiger partial charge in [-0.2, -0.15) is 0 Å². The summed E-state index contributed by atoms with van der Waals surface area (Å²) in [4.78, 5) is 13.5. The van der Waals surface area contributed by atoms with Crippen LogP contribution in [0.2, 0.25) is 0 Å². The van der Waals surface area contributed by atoms with Crippen LogP contribution < -0.4 is 10.4 Å². The van der Waals surface area contributed by atoms with Gasteiger partial charge in [0, 0.05) is 5.41 Å². The summed E-state index contributed by atoms with van der Waals surface area (Å²) in [5, 5.41) is 33.4. The lowest BCUT2D eigenvalue weighted by atomic mass is 9.49. The van der Waals surface area contributed by atoms with Crippen LogP contribution in [0.3, 0.4) is 0 Å². The number of carbonyl (C=O) groups is 1. The van der Waals surface area contributed by atoms with Crippen LogP contribution >= 0.6 is 0 Å². The highest BCUT2D eigenvalue weighted by Crippen LogP contribution is 2.58. The maximum absolute atomic E-state index is 13.5. The molecule has 8 atom stereocenters. The average molecular weight is 709 g/mol. The van der Waals surface area contributed by atoms with Gasteiger partial charge in [-0.15, -0.1) is 0 Å². The quantitative estimate of drug-likeness (QED) is 0.145. The maximum atomic E-state index is 13.5. The number of fused-ring (bicyclic) bond motifs is 3. The molecule has 3 aromatic carbocycles. The molecule has 3 aromatic rings. The molecule has 8 rings (SSSR count). The Balaban J connectivity index is 1.10. The van der Waals surface area contributed by atoms with E-state index >= 15 is 0 Å². The molecule has 5 aliphatic carbocycles. The van der Waals surface area contributed by atoms with Gasteiger partial charge in [0.25, 0.3) is 0 Å². The maximum Gasteiger partial charge on any atom is 0.307 e. The molecule has 4 nitrogen and oxygen atoms in total. The largest absolute Gasteiger partial charge is 0.508 e. The Bertz CT molecular complexity index is 2000. The number of hydrogen-bond acceptors (Lipinski definition) is 3. The molecular weight excluding hydrogens is 653 g/mol. The minimum absolute atomic E-state index is 0.154. The van der Waals surface area contributed by atoms with Crippen LogP contribution in [-0.4, -0.2) is 27.9 Å². The van der Waals surface area contributed by atoms with Gasteiger partial charge in [0.2, 0.25) is 0 Å². The van der Waals surface area contributed by atoms with Crippen molar-refractivity contribution in [1.82, 2.24) is 0 Å². The number of carboxylic acids is 1. The van der Waals surface area contributed by atoms with Crippen LogP contribution in [0.5, 0.6) is 5.75 Å². The number of hydrogen-bond donors (Lipinski definition) is 3. The van der Waals surface area contributed by atoms with Crippen molar-refractivity contribution in [2.24, 2.45) is 35.5 Å². The minimum Gasteiger partial charge on any atom is -0.508 e. The van der Waals surface area contributed by atoms with E-state index in [2.05, 4.69) is 97.1 Å². The predicted octanol–water partition coefficient (Wildman–Crippen LogP) is 9.24. The van der Waals surface area contributed by atoms with Gasteiger partial charge in [-0.05, 0) is 144 Å². The number of phenols is 1. The highest BCUT2D eigenvalue weighted by atomic mass is 16.4. The zero-order chi connectivity index (χ0) is 36.4. The van der Waals surface area contributed by atoms with Crippen LogP contribution in [0.4, 0.5) is 0 Å². The summed E-state index contributed by atoms with van der Waals surface area (Å²) in [7, 11) is 0. The van der Waals surface area contributed by atoms with Gasteiger partial charge >= 0.3 is 5.97 Å². The zero-order valence-electron chi connectivity index (χ0n) is 31.1. The molecule has 1 saturated carbocycles. The summed E-state index contributed by atoms with van der Waals surface area (Å²) in [6.07, 6.45) is 29.9. The van der Waals surface area contributed by atoms with Crippen molar-refractivity contribution >= 4 is 24.2 Å². The number of rotatable bonds is 10. The first-order chi connectivity index (χ1) is 25.9. The first-order valence-electron chi connectivity index (χ1n) is 20.5. The second-order valence-electron chi connectivity index (χ2n) is 16.9. The first-order valence-corrected chi connectivity index (χ1v) is 20.5. The van der Waals surface area contributed by atoms with Crippen LogP contribution in [0, 0.1) is 35.5 Å². The van der Waals surface area contributed by atoms with Crippen molar-refractivity contribution in [3.05, 3.63) is 129 Å². The molecule has 0 radical (unpaired) electrons. The number of aliphatic hydroxyl groups excluding tert-OH is 1. The van der Waals surface area contributed by atoms with E-state index in [0.29, 0.717) is 35.8 Å². The molecule has 1 spiro atoms. The van der Waals surface area contributed by atoms with E-state index in [-0.39, 0.29) is 18.4 Å². The van der Waals surface area contributed by atoms with Gasteiger partial charge in [-0.25, -0.2) is 0 Å². The molecular formula is C49H56O4. The van der Waals surface area contributed by atoms with Gasteiger partial charge in [0.1, 0.15) is 5.75 Å². The van der Waals surface area contributed by atoms with E-state index in [4.69, 9.17) is 0 Å². The Hall–Kier alpha value is -4.15.